The third kappa shape index (κ3) is 17.7. The number of aliphatic hydroxyl groups is 1. The summed E-state index contributed by atoms with van der Waals surface area (Å²) >= 11 is 0. The van der Waals surface area contributed by atoms with Crippen LogP contribution in [0.5, 0.6) is 0 Å². The molecule has 4 nitrogen and oxygen atoms in total. The van der Waals surface area contributed by atoms with Crippen molar-refractivity contribution in [2.24, 2.45) is 5.92 Å². The van der Waals surface area contributed by atoms with Crippen LogP contribution >= 0.6 is 0 Å². The molecule has 4 heteroatoms. The van der Waals surface area contributed by atoms with Crippen molar-refractivity contribution in [3.05, 3.63) is 0 Å². The van der Waals surface area contributed by atoms with E-state index in [0.29, 0.717) is 12.5 Å². The van der Waals surface area contributed by atoms with Gasteiger partial charge in [-0.2, -0.15) is 0 Å². The van der Waals surface area contributed by atoms with E-state index in [1.54, 1.807) is 6.92 Å². The molecule has 1 unspecified atom stereocenters. The van der Waals surface area contributed by atoms with Gasteiger partial charge >= 0.3 is 5.97 Å². The van der Waals surface area contributed by atoms with Gasteiger partial charge in [0.15, 0.2) is 0 Å². The first-order valence-corrected chi connectivity index (χ1v) is 6.15. The van der Waals surface area contributed by atoms with Crippen molar-refractivity contribution in [2.75, 3.05) is 6.61 Å². The van der Waals surface area contributed by atoms with Gasteiger partial charge in [-0.05, 0) is 26.2 Å². The lowest BCUT2D eigenvalue weighted by molar-refractivity contribution is -0.152. The molecule has 0 aromatic rings. The van der Waals surface area contributed by atoms with Crippen molar-refractivity contribution in [1.29, 1.82) is 0 Å². The molecule has 0 heterocycles. The summed E-state index contributed by atoms with van der Waals surface area (Å²) in [6, 6.07) is 0. The van der Waals surface area contributed by atoms with Crippen LogP contribution in [0.2, 0.25) is 0 Å². The standard InChI is InChI=1S/C7H14O3.C6H12O/c1-3-4-5-10-7(9)6(2)8;1-5(2)4-6(3)7/h6,8H,3-5H2,1-2H3;5H,4H2,1-3H3. The molecule has 0 aromatic carbocycles. The number of hydrogen-bond donors (Lipinski definition) is 1. The van der Waals surface area contributed by atoms with Gasteiger partial charge in [0.25, 0.3) is 0 Å². The van der Waals surface area contributed by atoms with Crippen LogP contribution in [0.4, 0.5) is 0 Å². The Bertz CT molecular complexity index is 209. The summed E-state index contributed by atoms with van der Waals surface area (Å²) in [7, 11) is 0. The number of rotatable bonds is 6. The molecule has 0 saturated carbocycles. The largest absolute Gasteiger partial charge is 0.464 e. The van der Waals surface area contributed by atoms with Crippen LogP contribution < -0.4 is 0 Å². The van der Waals surface area contributed by atoms with Crippen LogP contribution in [0, 0.1) is 5.92 Å². The van der Waals surface area contributed by atoms with Crippen LogP contribution in [-0.2, 0) is 14.3 Å². The van der Waals surface area contributed by atoms with Crippen LogP contribution in [0.15, 0.2) is 0 Å². The van der Waals surface area contributed by atoms with Crippen molar-refractivity contribution < 1.29 is 19.4 Å². The summed E-state index contributed by atoms with van der Waals surface area (Å²) in [4.78, 5) is 20.8. The maximum absolute atomic E-state index is 10.5. The number of aliphatic hydroxyl groups excluding tert-OH is 1. The molecular formula is C13H26O4. The number of ether oxygens (including phenoxy) is 1. The summed E-state index contributed by atoms with van der Waals surface area (Å²) < 4.78 is 4.65. The van der Waals surface area contributed by atoms with Gasteiger partial charge in [-0.25, -0.2) is 4.79 Å². The molecule has 0 rings (SSSR count). The Morgan fingerprint density at radius 2 is 1.76 bits per heavy atom. The molecule has 0 bridgehead atoms. The second kappa shape index (κ2) is 11.6. The third-order valence-electron chi connectivity index (χ3n) is 1.78. The van der Waals surface area contributed by atoms with Gasteiger partial charge in [-0.1, -0.05) is 27.2 Å². The van der Waals surface area contributed by atoms with Gasteiger partial charge in [0.1, 0.15) is 11.9 Å². The number of ketones is 1. The highest BCUT2D eigenvalue weighted by molar-refractivity contribution is 5.75. The van der Waals surface area contributed by atoms with Gasteiger partial charge in [0.2, 0.25) is 0 Å². The van der Waals surface area contributed by atoms with E-state index in [1.807, 2.05) is 20.8 Å². The lowest BCUT2D eigenvalue weighted by atomic mass is 10.1. The predicted molar refractivity (Wildman–Crippen MR) is 67.7 cm³/mol. The van der Waals surface area contributed by atoms with E-state index in [4.69, 9.17) is 5.11 Å². The Morgan fingerprint density at radius 1 is 1.24 bits per heavy atom. The summed E-state index contributed by atoms with van der Waals surface area (Å²) in [5, 5.41) is 8.65. The predicted octanol–water partition coefficient (Wildman–Crippen LogP) is 2.33. The lowest BCUT2D eigenvalue weighted by Crippen LogP contribution is -2.19. The highest BCUT2D eigenvalue weighted by Crippen LogP contribution is 1.97. The van der Waals surface area contributed by atoms with Crippen molar-refractivity contribution >= 4 is 11.8 Å². The molecule has 0 saturated heterocycles. The maximum atomic E-state index is 10.5. The Morgan fingerprint density at radius 3 is 2.00 bits per heavy atom. The second-order valence-corrected chi connectivity index (χ2v) is 4.50. The van der Waals surface area contributed by atoms with E-state index in [9.17, 15) is 9.59 Å². The van der Waals surface area contributed by atoms with Gasteiger partial charge in [0, 0.05) is 6.42 Å². The minimum Gasteiger partial charge on any atom is -0.464 e. The number of esters is 1. The number of carbonyl (C=O) groups is 2. The quantitative estimate of drug-likeness (QED) is 0.577. The zero-order valence-corrected chi connectivity index (χ0v) is 11.7. The zero-order valence-electron chi connectivity index (χ0n) is 11.7. The molecule has 0 aliphatic carbocycles. The molecule has 0 fully saturated rings. The van der Waals surface area contributed by atoms with Crippen molar-refractivity contribution in [3.8, 4) is 0 Å². The van der Waals surface area contributed by atoms with E-state index >= 15 is 0 Å². The normalized spacial score (nSPS) is 11.5. The Balaban J connectivity index is 0. The van der Waals surface area contributed by atoms with Gasteiger partial charge in [0.05, 0.1) is 6.61 Å². The Labute approximate surface area is 104 Å². The van der Waals surface area contributed by atoms with Crippen molar-refractivity contribution in [2.45, 2.75) is 60.0 Å². The summed E-state index contributed by atoms with van der Waals surface area (Å²) in [5.74, 6) is 0.279. The number of Topliss-reactive ketones (excluding diaryl/α,β-unsaturated/α-hetero) is 1. The Kier molecular flexibility index (Phi) is 12.6. The van der Waals surface area contributed by atoms with Crippen LogP contribution in [0.3, 0.4) is 0 Å². The van der Waals surface area contributed by atoms with E-state index in [1.165, 1.54) is 6.92 Å². The Hall–Kier alpha value is -0.900. The van der Waals surface area contributed by atoms with Gasteiger partial charge in [-0.15, -0.1) is 0 Å². The molecule has 0 spiro atoms. The second-order valence-electron chi connectivity index (χ2n) is 4.50. The molecule has 1 atom stereocenters. The number of hydrogen-bond acceptors (Lipinski definition) is 4. The fourth-order valence-electron chi connectivity index (χ4n) is 1.01. The van der Waals surface area contributed by atoms with E-state index in [2.05, 4.69) is 4.74 Å². The van der Waals surface area contributed by atoms with E-state index in [-0.39, 0.29) is 5.78 Å². The topological polar surface area (TPSA) is 63.6 Å². The first-order chi connectivity index (χ1) is 7.81. The molecule has 17 heavy (non-hydrogen) atoms. The fourth-order valence-corrected chi connectivity index (χ4v) is 1.01. The third-order valence-corrected chi connectivity index (χ3v) is 1.78. The molecule has 0 aliphatic rings. The SMILES string of the molecule is CC(=O)CC(C)C.CCCCOC(=O)C(C)O. The maximum Gasteiger partial charge on any atom is 0.334 e. The average Bonchev–Trinajstić information content (AvgIpc) is 2.16. The first-order valence-electron chi connectivity index (χ1n) is 6.15. The molecule has 0 amide bonds. The monoisotopic (exact) mass is 246 g/mol. The highest BCUT2D eigenvalue weighted by atomic mass is 16.5. The molecule has 0 aliphatic heterocycles. The first kappa shape index (κ1) is 18.5. The minimum atomic E-state index is -0.989. The van der Waals surface area contributed by atoms with E-state index < -0.39 is 12.1 Å². The van der Waals surface area contributed by atoms with Gasteiger partial charge in [-0.3, -0.25) is 0 Å². The van der Waals surface area contributed by atoms with Crippen LogP contribution in [0.1, 0.15) is 53.9 Å². The van der Waals surface area contributed by atoms with Gasteiger partial charge < -0.3 is 14.6 Å². The fraction of sp³-hybridized carbons (Fsp3) is 0.846. The number of carbonyl (C=O) groups excluding carboxylic acids is 2. The molecule has 1 N–H and O–H groups in total. The van der Waals surface area contributed by atoms with Crippen LogP contribution in [-0.4, -0.2) is 29.6 Å². The van der Waals surface area contributed by atoms with Crippen molar-refractivity contribution in [3.63, 3.8) is 0 Å². The highest BCUT2D eigenvalue weighted by Gasteiger charge is 2.08. The summed E-state index contributed by atoms with van der Waals surface area (Å²) in [6.45, 7) is 9.54. The smallest absolute Gasteiger partial charge is 0.334 e. The average molecular weight is 246 g/mol. The number of unbranched alkanes of at least 4 members (excludes halogenated alkanes) is 1. The summed E-state index contributed by atoms with van der Waals surface area (Å²) in [6.07, 6.45) is 1.59. The molecule has 0 radical (unpaired) electrons. The summed E-state index contributed by atoms with van der Waals surface area (Å²) in [5.41, 5.74) is 0. The minimum absolute atomic E-state index is 0.287. The lowest BCUT2D eigenvalue weighted by Gasteiger charge is -2.04. The molecular weight excluding hydrogens is 220 g/mol. The van der Waals surface area contributed by atoms with Crippen molar-refractivity contribution in [1.82, 2.24) is 0 Å². The molecule has 102 valence electrons. The molecule has 0 aromatic heterocycles. The van der Waals surface area contributed by atoms with E-state index in [0.717, 1.165) is 19.3 Å². The van der Waals surface area contributed by atoms with Crippen LogP contribution in [0.25, 0.3) is 0 Å². The zero-order chi connectivity index (χ0) is 13.8.